The van der Waals surface area contributed by atoms with Crippen molar-refractivity contribution in [1.82, 2.24) is 0 Å². The molecule has 106 valence electrons. The van der Waals surface area contributed by atoms with E-state index in [1.54, 1.807) is 6.07 Å². The fraction of sp³-hybridized carbons (Fsp3) is 0. The third-order valence-electron chi connectivity index (χ3n) is 3.14. The van der Waals surface area contributed by atoms with Gasteiger partial charge in [-0.05, 0) is 30.3 Å². The molecule has 0 radical (unpaired) electrons. The van der Waals surface area contributed by atoms with E-state index in [0.717, 1.165) is 4.90 Å². The highest BCUT2D eigenvalue weighted by molar-refractivity contribution is 6.45. The molecule has 0 saturated carbocycles. The molecule has 7 heteroatoms. The number of imide groups is 1. The Kier molecular flexibility index (Phi) is 3.32. The van der Waals surface area contributed by atoms with E-state index in [1.165, 1.54) is 24.3 Å². The summed E-state index contributed by atoms with van der Waals surface area (Å²) >= 11 is 17.9. The van der Waals surface area contributed by atoms with Gasteiger partial charge < -0.3 is 5.73 Å². The quantitative estimate of drug-likeness (QED) is 0.484. The molecule has 2 aromatic carbocycles. The summed E-state index contributed by atoms with van der Waals surface area (Å²) in [6.45, 7) is 0. The molecule has 0 aliphatic carbocycles. The number of carbonyl (C=O) groups is 2. The Bertz CT molecular complexity index is 805. The Morgan fingerprint density at radius 2 is 1.43 bits per heavy atom. The van der Waals surface area contributed by atoms with Gasteiger partial charge >= 0.3 is 0 Å². The summed E-state index contributed by atoms with van der Waals surface area (Å²) in [4.78, 5) is 25.8. The standard InChI is InChI=1S/C14H7Cl3N2O2/c15-9-4-11(17)12(5-10(9)16)19-13(20)7-2-1-6(18)3-8(7)14(19)21/h1-5H,18H2. The van der Waals surface area contributed by atoms with Crippen LogP contribution in [0.2, 0.25) is 15.1 Å². The van der Waals surface area contributed by atoms with E-state index in [1.807, 2.05) is 0 Å². The molecule has 21 heavy (non-hydrogen) atoms. The SMILES string of the molecule is Nc1ccc2c(c1)C(=O)N(c1cc(Cl)c(Cl)cc1Cl)C2=O. The zero-order valence-electron chi connectivity index (χ0n) is 10.4. The maximum absolute atomic E-state index is 12.4. The molecule has 0 aromatic heterocycles. The van der Waals surface area contributed by atoms with E-state index in [-0.39, 0.29) is 31.9 Å². The molecule has 1 heterocycles. The van der Waals surface area contributed by atoms with Crippen LogP contribution in [0.4, 0.5) is 11.4 Å². The van der Waals surface area contributed by atoms with Crippen LogP contribution in [0.3, 0.4) is 0 Å². The molecule has 0 spiro atoms. The number of hydrogen-bond donors (Lipinski definition) is 1. The minimum Gasteiger partial charge on any atom is -0.399 e. The lowest BCUT2D eigenvalue weighted by Gasteiger charge is -2.16. The molecule has 2 N–H and O–H groups in total. The average Bonchev–Trinajstić information content (AvgIpc) is 2.66. The molecule has 0 bridgehead atoms. The molecule has 0 fully saturated rings. The van der Waals surface area contributed by atoms with E-state index < -0.39 is 11.8 Å². The minimum atomic E-state index is -0.498. The second-order valence-corrected chi connectivity index (χ2v) is 5.69. The third kappa shape index (κ3) is 2.16. The number of halogens is 3. The fourth-order valence-electron chi connectivity index (χ4n) is 2.16. The lowest BCUT2D eigenvalue weighted by Crippen LogP contribution is -2.29. The van der Waals surface area contributed by atoms with Crippen LogP contribution in [0.15, 0.2) is 30.3 Å². The second kappa shape index (κ2) is 4.91. The topological polar surface area (TPSA) is 63.4 Å². The average molecular weight is 342 g/mol. The zero-order valence-corrected chi connectivity index (χ0v) is 12.6. The second-order valence-electron chi connectivity index (χ2n) is 4.47. The zero-order chi connectivity index (χ0) is 15.3. The van der Waals surface area contributed by atoms with Crippen LogP contribution in [0.25, 0.3) is 0 Å². The number of nitrogen functional groups attached to an aromatic ring is 1. The highest BCUT2D eigenvalue weighted by atomic mass is 35.5. The molecule has 1 aliphatic rings. The lowest BCUT2D eigenvalue weighted by atomic mass is 10.1. The molecule has 0 unspecified atom stereocenters. The van der Waals surface area contributed by atoms with Crippen LogP contribution in [0.1, 0.15) is 20.7 Å². The lowest BCUT2D eigenvalue weighted by molar-refractivity contribution is 0.0926. The predicted molar refractivity (Wildman–Crippen MR) is 83.5 cm³/mol. The molecule has 4 nitrogen and oxygen atoms in total. The monoisotopic (exact) mass is 340 g/mol. The number of nitrogens with two attached hydrogens (primary N) is 1. The van der Waals surface area contributed by atoms with Gasteiger partial charge in [0.2, 0.25) is 0 Å². The highest BCUT2D eigenvalue weighted by Gasteiger charge is 2.37. The number of rotatable bonds is 1. The van der Waals surface area contributed by atoms with Crippen molar-refractivity contribution in [2.24, 2.45) is 0 Å². The van der Waals surface area contributed by atoms with Crippen LogP contribution >= 0.6 is 34.8 Å². The van der Waals surface area contributed by atoms with Gasteiger partial charge in [-0.3, -0.25) is 9.59 Å². The van der Waals surface area contributed by atoms with Crippen molar-refractivity contribution in [2.75, 3.05) is 10.6 Å². The summed E-state index contributed by atoms with van der Waals surface area (Å²) in [5.74, 6) is -0.974. The third-order valence-corrected chi connectivity index (χ3v) is 4.17. The van der Waals surface area contributed by atoms with Crippen molar-refractivity contribution in [2.45, 2.75) is 0 Å². The first kappa shape index (κ1) is 14.2. The first-order chi connectivity index (χ1) is 9.90. The van der Waals surface area contributed by atoms with Gasteiger partial charge in [0.05, 0.1) is 31.9 Å². The van der Waals surface area contributed by atoms with Gasteiger partial charge in [0.1, 0.15) is 0 Å². The van der Waals surface area contributed by atoms with Crippen molar-refractivity contribution in [3.8, 4) is 0 Å². The van der Waals surface area contributed by atoms with Gasteiger partial charge in [-0.15, -0.1) is 0 Å². The summed E-state index contributed by atoms with van der Waals surface area (Å²) < 4.78 is 0. The van der Waals surface area contributed by atoms with E-state index in [4.69, 9.17) is 40.5 Å². The van der Waals surface area contributed by atoms with Gasteiger partial charge in [0.15, 0.2) is 0 Å². The Balaban J connectivity index is 2.16. The summed E-state index contributed by atoms with van der Waals surface area (Å²) in [5.41, 5.74) is 6.75. The van der Waals surface area contributed by atoms with Crippen LogP contribution in [-0.2, 0) is 0 Å². The van der Waals surface area contributed by atoms with Gasteiger partial charge in [-0.2, -0.15) is 0 Å². The molecule has 1 aliphatic heterocycles. The van der Waals surface area contributed by atoms with E-state index in [0.29, 0.717) is 5.69 Å². The molecule has 2 amide bonds. The summed E-state index contributed by atoms with van der Waals surface area (Å²) in [6.07, 6.45) is 0. The maximum atomic E-state index is 12.4. The number of carbonyl (C=O) groups excluding carboxylic acids is 2. The van der Waals surface area contributed by atoms with Crippen LogP contribution < -0.4 is 10.6 Å². The summed E-state index contributed by atoms with van der Waals surface area (Å²) in [7, 11) is 0. The predicted octanol–water partition coefficient (Wildman–Crippen LogP) is 4.03. The van der Waals surface area contributed by atoms with E-state index >= 15 is 0 Å². The molecule has 3 rings (SSSR count). The maximum Gasteiger partial charge on any atom is 0.266 e. The molecular formula is C14H7Cl3N2O2. The largest absolute Gasteiger partial charge is 0.399 e. The van der Waals surface area contributed by atoms with Gasteiger partial charge in [0.25, 0.3) is 11.8 Å². The Hall–Kier alpha value is -1.75. The highest BCUT2D eigenvalue weighted by Crippen LogP contribution is 2.38. The fourth-order valence-corrected chi connectivity index (χ4v) is 2.79. The first-order valence-electron chi connectivity index (χ1n) is 5.83. The molecule has 2 aromatic rings. The van der Waals surface area contributed by atoms with Gasteiger partial charge in [0, 0.05) is 5.69 Å². The van der Waals surface area contributed by atoms with Crippen LogP contribution in [0.5, 0.6) is 0 Å². The van der Waals surface area contributed by atoms with Gasteiger partial charge in [-0.25, -0.2) is 4.90 Å². The normalized spacial score (nSPS) is 13.8. The Morgan fingerprint density at radius 1 is 0.810 bits per heavy atom. The molecular weight excluding hydrogens is 335 g/mol. The van der Waals surface area contributed by atoms with Crippen molar-refractivity contribution < 1.29 is 9.59 Å². The smallest absolute Gasteiger partial charge is 0.266 e. The van der Waals surface area contributed by atoms with Crippen LogP contribution in [0, 0.1) is 0 Å². The van der Waals surface area contributed by atoms with E-state index in [2.05, 4.69) is 0 Å². The van der Waals surface area contributed by atoms with Crippen molar-refractivity contribution in [3.05, 3.63) is 56.5 Å². The number of fused-ring (bicyclic) bond motifs is 1. The molecule has 0 atom stereocenters. The summed E-state index contributed by atoms with van der Waals surface area (Å²) in [6, 6.07) is 7.30. The number of hydrogen-bond acceptors (Lipinski definition) is 3. The number of anilines is 2. The number of amides is 2. The number of nitrogens with zero attached hydrogens (tertiary/aromatic N) is 1. The number of benzene rings is 2. The Morgan fingerprint density at radius 3 is 2.14 bits per heavy atom. The van der Waals surface area contributed by atoms with Gasteiger partial charge in [-0.1, -0.05) is 34.8 Å². The van der Waals surface area contributed by atoms with Crippen molar-refractivity contribution in [1.29, 1.82) is 0 Å². The Labute approximate surface area is 135 Å². The van der Waals surface area contributed by atoms with Crippen molar-refractivity contribution >= 4 is 58.0 Å². The summed E-state index contributed by atoms with van der Waals surface area (Å²) in [5, 5.41) is 0.602. The van der Waals surface area contributed by atoms with E-state index in [9.17, 15) is 9.59 Å². The molecule has 0 saturated heterocycles. The minimum absolute atomic E-state index is 0.159. The van der Waals surface area contributed by atoms with Crippen LogP contribution in [-0.4, -0.2) is 11.8 Å². The van der Waals surface area contributed by atoms with Crippen molar-refractivity contribution in [3.63, 3.8) is 0 Å². The first-order valence-corrected chi connectivity index (χ1v) is 6.96.